The highest BCUT2D eigenvalue weighted by atomic mass is 15.0. The molecule has 0 aliphatic heterocycles. The summed E-state index contributed by atoms with van der Waals surface area (Å²) in [7, 11) is 0. The van der Waals surface area contributed by atoms with Gasteiger partial charge in [0.2, 0.25) is 0 Å². The molecule has 0 spiro atoms. The maximum absolute atomic E-state index is 5.23. The fourth-order valence-electron chi connectivity index (χ4n) is 9.93. The summed E-state index contributed by atoms with van der Waals surface area (Å²) >= 11 is 0. The largest absolute Gasteiger partial charge is 0.309 e. The second-order valence-corrected chi connectivity index (χ2v) is 16.8. The predicted octanol–water partition coefficient (Wildman–Crippen LogP) is 14.8. The van der Waals surface area contributed by atoms with Crippen LogP contribution in [0.1, 0.15) is 23.7 Å². The minimum absolute atomic E-state index is 0.00700. The first-order valence-corrected chi connectivity index (χ1v) is 22.0. The van der Waals surface area contributed by atoms with Gasteiger partial charge >= 0.3 is 0 Å². The Bertz CT molecular complexity index is 3860. The van der Waals surface area contributed by atoms with E-state index in [9.17, 15) is 0 Å². The van der Waals surface area contributed by atoms with Crippen LogP contribution in [0.25, 0.3) is 105 Å². The van der Waals surface area contributed by atoms with Gasteiger partial charge in [-0.3, -0.25) is 0 Å². The summed E-state index contributed by atoms with van der Waals surface area (Å²) in [5.74, 6) is 2.10. The maximum atomic E-state index is 5.23. The van der Waals surface area contributed by atoms with Crippen LogP contribution in [0.3, 0.4) is 0 Å². The number of fused-ring (bicyclic) bond motifs is 9. The van der Waals surface area contributed by atoms with Crippen molar-refractivity contribution in [2.75, 3.05) is 0 Å². The number of benzene rings is 9. The first-order chi connectivity index (χ1) is 31.7. The Balaban J connectivity index is 0.865. The summed E-state index contributed by atoms with van der Waals surface area (Å²) in [6.07, 6.45) is 7.60. The van der Waals surface area contributed by atoms with Gasteiger partial charge in [0.05, 0.1) is 22.1 Å². The van der Waals surface area contributed by atoms with Gasteiger partial charge in [0, 0.05) is 55.4 Å². The molecule has 9 aromatic carbocycles. The van der Waals surface area contributed by atoms with Gasteiger partial charge in [0.25, 0.3) is 0 Å². The van der Waals surface area contributed by atoms with E-state index in [1.54, 1.807) is 0 Å². The average Bonchev–Trinajstić information content (AvgIpc) is 3.88. The molecule has 1 atom stereocenters. The highest BCUT2D eigenvalue weighted by Gasteiger charge is 2.21. The second kappa shape index (κ2) is 14.6. The van der Waals surface area contributed by atoms with Gasteiger partial charge in [-0.1, -0.05) is 170 Å². The Hall–Kier alpha value is -8.41. The van der Waals surface area contributed by atoms with Gasteiger partial charge in [-0.05, 0) is 82.2 Å². The van der Waals surface area contributed by atoms with E-state index in [0.717, 1.165) is 40.3 Å². The number of hydrogen-bond acceptors (Lipinski definition) is 3. The molecule has 5 nitrogen and oxygen atoms in total. The Morgan fingerprint density at radius 3 is 1.78 bits per heavy atom. The molecule has 3 aromatic heterocycles. The van der Waals surface area contributed by atoms with Crippen molar-refractivity contribution in [3.05, 3.63) is 230 Å². The fraction of sp³-hybridized carbons (Fsp3) is 0.0339. The molecule has 3 heterocycles. The van der Waals surface area contributed by atoms with E-state index in [1.165, 1.54) is 70.8 Å². The quantitative estimate of drug-likeness (QED) is 0.168. The summed E-state index contributed by atoms with van der Waals surface area (Å²) in [6, 6.07) is 71.7. The number of allylic oxidation sites excluding steroid dienone is 4. The highest BCUT2D eigenvalue weighted by molar-refractivity contribution is 6.20. The van der Waals surface area contributed by atoms with E-state index in [4.69, 9.17) is 15.0 Å². The fourth-order valence-corrected chi connectivity index (χ4v) is 9.93. The predicted molar refractivity (Wildman–Crippen MR) is 265 cm³/mol. The molecule has 300 valence electrons. The molecule has 1 unspecified atom stereocenters. The van der Waals surface area contributed by atoms with Crippen LogP contribution in [-0.2, 0) is 0 Å². The zero-order valence-corrected chi connectivity index (χ0v) is 34.8. The molecular formula is C59H39N5. The molecule has 0 saturated carbocycles. The normalized spacial score (nSPS) is 14.1. The summed E-state index contributed by atoms with van der Waals surface area (Å²) in [6.45, 7) is 0. The number of para-hydroxylation sites is 2. The summed E-state index contributed by atoms with van der Waals surface area (Å²) in [5, 5.41) is 9.91. The SMILES string of the molecule is C1=CC(c2nc(-c3ccccc3)nc(-c3ccc4c5ccccc5n(-c5ccccc5)c4c3)n2)CC=C1c1ccc(-n2c3cc4ccccc4cc3c3ccc4ccccc4c32)cc1. The molecule has 5 heteroatoms. The molecule has 0 amide bonds. The third-order valence-electron chi connectivity index (χ3n) is 13.0. The van der Waals surface area contributed by atoms with E-state index in [1.807, 2.05) is 18.2 Å². The summed E-state index contributed by atoms with van der Waals surface area (Å²) in [5.41, 5.74) is 11.3. The van der Waals surface area contributed by atoms with Crippen molar-refractivity contribution in [2.24, 2.45) is 0 Å². The van der Waals surface area contributed by atoms with Crippen LogP contribution in [-0.4, -0.2) is 24.1 Å². The Kier molecular flexibility index (Phi) is 8.28. The lowest BCUT2D eigenvalue weighted by Gasteiger charge is -2.17. The lowest BCUT2D eigenvalue weighted by Crippen LogP contribution is -2.08. The monoisotopic (exact) mass is 817 g/mol. The van der Waals surface area contributed by atoms with E-state index in [0.29, 0.717) is 11.6 Å². The van der Waals surface area contributed by atoms with Gasteiger partial charge in [-0.25, -0.2) is 15.0 Å². The molecule has 1 aliphatic rings. The maximum Gasteiger partial charge on any atom is 0.163 e. The summed E-state index contributed by atoms with van der Waals surface area (Å²) in [4.78, 5) is 15.5. The van der Waals surface area contributed by atoms with Gasteiger partial charge in [-0.2, -0.15) is 0 Å². The number of aromatic nitrogens is 5. The second-order valence-electron chi connectivity index (χ2n) is 16.8. The van der Waals surface area contributed by atoms with Crippen molar-refractivity contribution in [1.29, 1.82) is 0 Å². The Morgan fingerprint density at radius 2 is 1.00 bits per heavy atom. The number of nitrogens with zero attached hydrogens (tertiary/aromatic N) is 5. The molecule has 0 radical (unpaired) electrons. The van der Waals surface area contributed by atoms with E-state index in [2.05, 4.69) is 209 Å². The molecule has 0 bridgehead atoms. The van der Waals surface area contributed by atoms with Crippen molar-refractivity contribution < 1.29 is 0 Å². The lowest BCUT2D eigenvalue weighted by atomic mass is 9.92. The van der Waals surface area contributed by atoms with Crippen molar-refractivity contribution in [1.82, 2.24) is 24.1 Å². The lowest BCUT2D eigenvalue weighted by molar-refractivity contribution is 0.766. The van der Waals surface area contributed by atoms with Crippen LogP contribution in [0, 0.1) is 0 Å². The van der Waals surface area contributed by atoms with Crippen LogP contribution in [0.15, 0.2) is 218 Å². The van der Waals surface area contributed by atoms with Crippen LogP contribution in [0.5, 0.6) is 0 Å². The zero-order chi connectivity index (χ0) is 42.1. The number of hydrogen-bond donors (Lipinski definition) is 0. The highest BCUT2D eigenvalue weighted by Crippen LogP contribution is 2.40. The van der Waals surface area contributed by atoms with Gasteiger partial charge in [0.15, 0.2) is 11.6 Å². The Labute approximate surface area is 369 Å². The van der Waals surface area contributed by atoms with Crippen molar-refractivity contribution in [2.45, 2.75) is 12.3 Å². The van der Waals surface area contributed by atoms with Gasteiger partial charge < -0.3 is 9.13 Å². The van der Waals surface area contributed by atoms with Crippen LogP contribution >= 0.6 is 0 Å². The summed E-state index contributed by atoms with van der Waals surface area (Å²) < 4.78 is 4.79. The number of rotatable bonds is 6. The molecular weight excluding hydrogens is 779 g/mol. The average molecular weight is 818 g/mol. The molecule has 0 fully saturated rings. The minimum atomic E-state index is -0.00700. The smallest absolute Gasteiger partial charge is 0.163 e. The Morgan fingerprint density at radius 1 is 0.391 bits per heavy atom. The molecule has 12 aromatic rings. The van der Waals surface area contributed by atoms with Crippen LogP contribution in [0.4, 0.5) is 0 Å². The first kappa shape index (κ1) is 36.3. The van der Waals surface area contributed by atoms with E-state index >= 15 is 0 Å². The third-order valence-corrected chi connectivity index (χ3v) is 13.0. The molecule has 13 rings (SSSR count). The van der Waals surface area contributed by atoms with E-state index < -0.39 is 0 Å². The van der Waals surface area contributed by atoms with Crippen molar-refractivity contribution >= 4 is 70.7 Å². The molecule has 0 saturated heterocycles. The van der Waals surface area contributed by atoms with Crippen LogP contribution < -0.4 is 0 Å². The molecule has 1 aliphatic carbocycles. The van der Waals surface area contributed by atoms with Gasteiger partial charge in [0.1, 0.15) is 5.82 Å². The third kappa shape index (κ3) is 5.89. The standard InChI is InChI=1S/C59H39N5/c1-3-14-41(15-4-1)57-60-58(62-59(61-57)45-30-33-50-49-21-11-12-22-53(49)63(54(50)37-45)46-18-5-2-6-19-46)42-25-23-38(24-26-42)39-27-31-47(32-28-39)64-55-36-44-17-8-7-16-43(44)35-52(55)51-34-29-40-13-9-10-20-48(40)56(51)64/h1-25,27-37,42H,26H2. The minimum Gasteiger partial charge on any atom is -0.309 e. The van der Waals surface area contributed by atoms with Crippen LogP contribution in [0.2, 0.25) is 0 Å². The molecule has 0 N–H and O–H groups in total. The topological polar surface area (TPSA) is 48.5 Å². The first-order valence-electron chi connectivity index (χ1n) is 22.0. The molecule has 64 heavy (non-hydrogen) atoms. The van der Waals surface area contributed by atoms with E-state index in [-0.39, 0.29) is 5.92 Å². The van der Waals surface area contributed by atoms with Crippen molar-refractivity contribution in [3.63, 3.8) is 0 Å². The van der Waals surface area contributed by atoms with Gasteiger partial charge in [-0.15, -0.1) is 0 Å². The van der Waals surface area contributed by atoms with Crippen molar-refractivity contribution in [3.8, 4) is 34.2 Å². The zero-order valence-electron chi connectivity index (χ0n) is 34.8.